The lowest BCUT2D eigenvalue weighted by molar-refractivity contribution is -0.138. The van der Waals surface area contributed by atoms with E-state index in [-0.39, 0.29) is 5.92 Å². The fourth-order valence-corrected chi connectivity index (χ4v) is 2.10. The smallest absolute Gasteiger partial charge is 0.306 e. The van der Waals surface area contributed by atoms with Crippen LogP contribution in [-0.2, 0) is 4.79 Å². The largest absolute Gasteiger partial charge is 0.481 e. The summed E-state index contributed by atoms with van der Waals surface area (Å²) >= 11 is 0. The molecule has 1 aliphatic rings. The first-order valence-corrected chi connectivity index (χ1v) is 5.62. The fraction of sp³-hybridized carbons (Fsp3) is 0.462. The fourth-order valence-electron chi connectivity index (χ4n) is 2.10. The van der Waals surface area contributed by atoms with E-state index in [9.17, 15) is 4.79 Å². The molecule has 3 heteroatoms. The highest BCUT2D eigenvalue weighted by Crippen LogP contribution is 2.38. The maximum absolute atomic E-state index is 10.7. The van der Waals surface area contributed by atoms with Crippen LogP contribution in [0.3, 0.4) is 0 Å². The first-order chi connectivity index (χ1) is 7.59. The minimum Gasteiger partial charge on any atom is -0.481 e. The van der Waals surface area contributed by atoms with Gasteiger partial charge in [-0.1, -0.05) is 18.2 Å². The molecular weight excluding hydrogens is 202 g/mol. The first kappa shape index (κ1) is 11.0. The second kappa shape index (κ2) is 4.16. The van der Waals surface area contributed by atoms with Gasteiger partial charge in [0.1, 0.15) is 0 Å². The van der Waals surface area contributed by atoms with E-state index >= 15 is 0 Å². The zero-order chi connectivity index (χ0) is 11.7. The lowest BCUT2D eigenvalue weighted by Crippen LogP contribution is -2.10. The number of aliphatic carboxylic acids is 1. The molecule has 1 aliphatic carbocycles. The van der Waals surface area contributed by atoms with Gasteiger partial charge in [0.15, 0.2) is 0 Å². The minimum absolute atomic E-state index is 0.128. The van der Waals surface area contributed by atoms with E-state index in [1.807, 2.05) is 6.07 Å². The quantitative estimate of drug-likeness (QED) is 0.817. The molecule has 0 bridgehead atoms. The van der Waals surface area contributed by atoms with Gasteiger partial charge in [0.05, 0.1) is 5.92 Å². The number of aryl methyl sites for hydroxylation is 2. The molecule has 3 nitrogen and oxygen atoms in total. The van der Waals surface area contributed by atoms with E-state index in [0.717, 1.165) is 18.7 Å². The topological polar surface area (TPSA) is 49.3 Å². The van der Waals surface area contributed by atoms with E-state index in [4.69, 9.17) is 5.11 Å². The van der Waals surface area contributed by atoms with Gasteiger partial charge in [-0.05, 0) is 37.3 Å². The summed E-state index contributed by atoms with van der Waals surface area (Å²) in [5, 5.41) is 12.2. The van der Waals surface area contributed by atoms with Crippen LogP contribution in [-0.4, -0.2) is 17.6 Å². The number of rotatable bonds is 4. The summed E-state index contributed by atoms with van der Waals surface area (Å²) in [6.07, 6.45) is 0.813. The van der Waals surface area contributed by atoms with Crippen molar-refractivity contribution in [1.29, 1.82) is 0 Å². The highest BCUT2D eigenvalue weighted by Gasteiger charge is 2.42. The third kappa shape index (κ3) is 2.18. The van der Waals surface area contributed by atoms with Crippen molar-refractivity contribution in [3.05, 3.63) is 29.3 Å². The number of anilines is 1. The Morgan fingerprint density at radius 3 is 2.56 bits per heavy atom. The number of carboxylic acid groups (broad SMARTS) is 1. The zero-order valence-corrected chi connectivity index (χ0v) is 9.66. The van der Waals surface area contributed by atoms with Crippen molar-refractivity contribution in [2.24, 2.45) is 11.8 Å². The number of hydrogen-bond donors (Lipinski definition) is 2. The van der Waals surface area contributed by atoms with E-state index in [1.54, 1.807) is 0 Å². The number of para-hydroxylation sites is 1. The molecule has 0 radical (unpaired) electrons. The minimum atomic E-state index is -0.659. The highest BCUT2D eigenvalue weighted by molar-refractivity contribution is 5.73. The van der Waals surface area contributed by atoms with Crippen LogP contribution < -0.4 is 5.32 Å². The summed E-state index contributed by atoms with van der Waals surface area (Å²) in [5.41, 5.74) is 3.58. The average molecular weight is 219 g/mol. The molecule has 0 saturated heterocycles. The molecule has 0 aliphatic heterocycles. The second-order valence-corrected chi connectivity index (χ2v) is 4.59. The molecule has 2 unspecified atom stereocenters. The third-order valence-corrected chi connectivity index (χ3v) is 3.26. The number of carbonyl (C=O) groups is 1. The van der Waals surface area contributed by atoms with Crippen molar-refractivity contribution in [1.82, 2.24) is 0 Å². The molecule has 1 aromatic carbocycles. The average Bonchev–Trinajstić information content (AvgIpc) is 2.96. The van der Waals surface area contributed by atoms with Gasteiger partial charge in [-0.15, -0.1) is 0 Å². The van der Waals surface area contributed by atoms with Gasteiger partial charge in [0.2, 0.25) is 0 Å². The monoisotopic (exact) mass is 219 g/mol. The highest BCUT2D eigenvalue weighted by atomic mass is 16.4. The maximum Gasteiger partial charge on any atom is 0.306 e. The van der Waals surface area contributed by atoms with Crippen molar-refractivity contribution in [3.8, 4) is 0 Å². The SMILES string of the molecule is Cc1cccc(C)c1NCC1CC1C(=O)O. The number of carboxylic acids is 1. The summed E-state index contributed by atoms with van der Waals surface area (Å²) in [4.78, 5) is 10.7. The lowest BCUT2D eigenvalue weighted by Gasteiger charge is -2.11. The van der Waals surface area contributed by atoms with Crippen molar-refractivity contribution in [2.75, 3.05) is 11.9 Å². The summed E-state index contributed by atoms with van der Waals surface area (Å²) in [7, 11) is 0. The van der Waals surface area contributed by atoms with Gasteiger partial charge in [0.25, 0.3) is 0 Å². The molecule has 2 rings (SSSR count). The summed E-state index contributed by atoms with van der Waals surface area (Å²) in [5.74, 6) is -0.485. The Balaban J connectivity index is 1.94. The van der Waals surface area contributed by atoms with Crippen LogP contribution in [0.4, 0.5) is 5.69 Å². The van der Waals surface area contributed by atoms with Crippen LogP contribution in [0.15, 0.2) is 18.2 Å². The normalized spacial score (nSPS) is 22.9. The van der Waals surface area contributed by atoms with Crippen molar-refractivity contribution < 1.29 is 9.90 Å². The standard InChI is InChI=1S/C13H17NO2/c1-8-4-3-5-9(2)12(8)14-7-10-6-11(10)13(15)16/h3-5,10-11,14H,6-7H2,1-2H3,(H,15,16). The second-order valence-electron chi connectivity index (χ2n) is 4.59. The molecule has 16 heavy (non-hydrogen) atoms. The summed E-state index contributed by atoms with van der Waals surface area (Å²) in [6, 6.07) is 6.17. The van der Waals surface area contributed by atoms with E-state index in [2.05, 4.69) is 31.3 Å². The van der Waals surface area contributed by atoms with Crippen LogP contribution in [0.5, 0.6) is 0 Å². The van der Waals surface area contributed by atoms with Crippen molar-refractivity contribution in [2.45, 2.75) is 20.3 Å². The van der Waals surface area contributed by atoms with Gasteiger partial charge in [-0.25, -0.2) is 0 Å². The van der Waals surface area contributed by atoms with Gasteiger partial charge in [-0.3, -0.25) is 4.79 Å². The van der Waals surface area contributed by atoms with E-state index in [0.29, 0.717) is 5.92 Å². The molecule has 1 saturated carbocycles. The molecule has 0 spiro atoms. The van der Waals surface area contributed by atoms with Gasteiger partial charge in [-0.2, -0.15) is 0 Å². The van der Waals surface area contributed by atoms with Crippen molar-refractivity contribution >= 4 is 11.7 Å². The van der Waals surface area contributed by atoms with Crippen LogP contribution in [0.1, 0.15) is 17.5 Å². The van der Waals surface area contributed by atoms with Crippen molar-refractivity contribution in [3.63, 3.8) is 0 Å². The Kier molecular flexibility index (Phi) is 2.86. The van der Waals surface area contributed by atoms with Gasteiger partial charge in [0, 0.05) is 12.2 Å². The molecule has 1 aromatic rings. The van der Waals surface area contributed by atoms with Crippen LogP contribution in [0, 0.1) is 25.7 Å². The Labute approximate surface area is 95.5 Å². The number of nitrogens with one attached hydrogen (secondary N) is 1. The van der Waals surface area contributed by atoms with Gasteiger partial charge >= 0.3 is 5.97 Å². The van der Waals surface area contributed by atoms with E-state index < -0.39 is 5.97 Å². The molecule has 0 heterocycles. The molecular formula is C13H17NO2. The molecule has 2 atom stereocenters. The van der Waals surface area contributed by atoms with Crippen LogP contribution in [0.25, 0.3) is 0 Å². The lowest BCUT2D eigenvalue weighted by atomic mass is 10.1. The zero-order valence-electron chi connectivity index (χ0n) is 9.66. The Hall–Kier alpha value is -1.51. The van der Waals surface area contributed by atoms with Gasteiger partial charge < -0.3 is 10.4 Å². The molecule has 1 fully saturated rings. The molecule has 0 amide bonds. The van der Waals surface area contributed by atoms with E-state index in [1.165, 1.54) is 11.1 Å². The van der Waals surface area contributed by atoms with Crippen LogP contribution in [0.2, 0.25) is 0 Å². The predicted octanol–water partition coefficient (Wildman–Crippen LogP) is 2.44. The first-order valence-electron chi connectivity index (χ1n) is 5.62. The number of benzene rings is 1. The predicted molar refractivity (Wildman–Crippen MR) is 63.6 cm³/mol. The van der Waals surface area contributed by atoms with Crippen LogP contribution >= 0.6 is 0 Å². The summed E-state index contributed by atoms with van der Waals surface area (Å²) in [6.45, 7) is 4.90. The molecule has 86 valence electrons. The summed E-state index contributed by atoms with van der Waals surface area (Å²) < 4.78 is 0. The Morgan fingerprint density at radius 1 is 1.44 bits per heavy atom. The maximum atomic E-state index is 10.7. The molecule has 0 aromatic heterocycles. The molecule has 2 N–H and O–H groups in total. The Bertz CT molecular complexity index is 394. The number of hydrogen-bond acceptors (Lipinski definition) is 2. The Morgan fingerprint density at radius 2 is 2.06 bits per heavy atom. The third-order valence-electron chi connectivity index (χ3n) is 3.26.